The summed E-state index contributed by atoms with van der Waals surface area (Å²) in [7, 11) is 1.69. The Bertz CT molecular complexity index is 393. The van der Waals surface area contributed by atoms with Crippen LogP contribution in [0.5, 0.6) is 5.75 Å². The van der Waals surface area contributed by atoms with Crippen LogP contribution in [0, 0.1) is 0 Å². The van der Waals surface area contributed by atoms with Gasteiger partial charge in [-0.05, 0) is 31.0 Å². The van der Waals surface area contributed by atoms with Crippen molar-refractivity contribution in [2.24, 2.45) is 5.73 Å². The maximum Gasteiger partial charge on any atom is 0.238 e. The van der Waals surface area contributed by atoms with E-state index >= 15 is 0 Å². The van der Waals surface area contributed by atoms with Crippen LogP contribution in [-0.4, -0.2) is 25.6 Å². The van der Waals surface area contributed by atoms with Gasteiger partial charge in [-0.15, -0.1) is 0 Å². The Kier molecular flexibility index (Phi) is 5.65. The fourth-order valence-corrected chi connectivity index (χ4v) is 1.72. The summed E-state index contributed by atoms with van der Waals surface area (Å²) >= 11 is 0. The lowest BCUT2D eigenvalue weighted by Crippen LogP contribution is -2.43. The van der Waals surface area contributed by atoms with Gasteiger partial charge in [-0.1, -0.05) is 32.0 Å². The molecule has 0 bridgehead atoms. The molecular formula is C14H22N2O2. The van der Waals surface area contributed by atoms with Gasteiger partial charge in [0.2, 0.25) is 5.91 Å². The molecule has 0 saturated carbocycles. The lowest BCUT2D eigenvalue weighted by Gasteiger charge is -2.18. The van der Waals surface area contributed by atoms with E-state index in [1.54, 1.807) is 7.05 Å². The van der Waals surface area contributed by atoms with Gasteiger partial charge in [0.25, 0.3) is 0 Å². The van der Waals surface area contributed by atoms with Gasteiger partial charge >= 0.3 is 0 Å². The number of carbonyl (C=O) groups is 1. The Morgan fingerprint density at radius 3 is 2.67 bits per heavy atom. The fraction of sp³-hybridized carbons (Fsp3) is 0.500. The second-order valence-electron chi connectivity index (χ2n) is 4.40. The topological polar surface area (TPSA) is 64.3 Å². The standard InChI is InChI=1S/C14H22N2O2/c1-4-10(2)11-7-5-6-8-13(11)18-9-12(16-3)14(15)17/h5-8,10,12,16H,4,9H2,1-3H3,(H2,15,17). The van der Waals surface area contributed by atoms with Crippen molar-refractivity contribution < 1.29 is 9.53 Å². The summed E-state index contributed by atoms with van der Waals surface area (Å²) in [6, 6.07) is 7.45. The molecule has 0 radical (unpaired) electrons. The molecule has 2 unspecified atom stereocenters. The zero-order valence-corrected chi connectivity index (χ0v) is 11.3. The first-order valence-electron chi connectivity index (χ1n) is 6.28. The third kappa shape index (κ3) is 3.74. The molecule has 0 saturated heterocycles. The second-order valence-corrected chi connectivity index (χ2v) is 4.40. The number of likely N-dealkylation sites (N-methyl/N-ethyl adjacent to an activating group) is 1. The van der Waals surface area contributed by atoms with Crippen molar-refractivity contribution >= 4 is 5.91 Å². The lowest BCUT2D eigenvalue weighted by molar-refractivity contribution is -0.120. The largest absolute Gasteiger partial charge is 0.491 e. The second kappa shape index (κ2) is 7.01. The van der Waals surface area contributed by atoms with E-state index in [-0.39, 0.29) is 6.61 Å². The number of nitrogens with two attached hydrogens (primary N) is 1. The Morgan fingerprint density at radius 1 is 1.44 bits per heavy atom. The van der Waals surface area contributed by atoms with Crippen LogP contribution in [0.15, 0.2) is 24.3 Å². The van der Waals surface area contributed by atoms with Crippen LogP contribution in [0.1, 0.15) is 31.7 Å². The van der Waals surface area contributed by atoms with Gasteiger partial charge in [0.05, 0.1) is 0 Å². The predicted molar refractivity (Wildman–Crippen MR) is 72.7 cm³/mol. The monoisotopic (exact) mass is 250 g/mol. The molecule has 1 aromatic rings. The molecule has 0 aliphatic carbocycles. The summed E-state index contributed by atoms with van der Waals surface area (Å²) in [6.07, 6.45) is 1.05. The number of benzene rings is 1. The zero-order valence-electron chi connectivity index (χ0n) is 11.3. The summed E-state index contributed by atoms with van der Waals surface area (Å²) in [5.41, 5.74) is 6.42. The molecule has 4 nitrogen and oxygen atoms in total. The highest BCUT2D eigenvalue weighted by Gasteiger charge is 2.15. The van der Waals surface area contributed by atoms with E-state index in [1.807, 2.05) is 18.2 Å². The highest BCUT2D eigenvalue weighted by Crippen LogP contribution is 2.28. The first kappa shape index (κ1) is 14.5. The van der Waals surface area contributed by atoms with Crippen molar-refractivity contribution in [3.05, 3.63) is 29.8 Å². The van der Waals surface area contributed by atoms with Crippen molar-refractivity contribution in [2.45, 2.75) is 32.2 Å². The first-order valence-corrected chi connectivity index (χ1v) is 6.28. The normalized spacial score (nSPS) is 13.9. The number of hydrogen-bond acceptors (Lipinski definition) is 3. The molecule has 0 fully saturated rings. The summed E-state index contributed by atoms with van der Waals surface area (Å²) in [5, 5.41) is 2.83. The van der Waals surface area contributed by atoms with E-state index in [1.165, 1.54) is 5.56 Å². The molecule has 1 rings (SSSR count). The van der Waals surface area contributed by atoms with E-state index in [2.05, 4.69) is 25.2 Å². The Hall–Kier alpha value is -1.55. The number of carbonyl (C=O) groups excluding carboxylic acids is 1. The number of hydrogen-bond donors (Lipinski definition) is 2. The molecule has 4 heteroatoms. The summed E-state index contributed by atoms with van der Waals surface area (Å²) < 4.78 is 5.71. The van der Waals surface area contributed by atoms with Gasteiger partial charge in [-0.3, -0.25) is 4.79 Å². The smallest absolute Gasteiger partial charge is 0.238 e. The van der Waals surface area contributed by atoms with Crippen LogP contribution in [0.3, 0.4) is 0 Å². The van der Waals surface area contributed by atoms with Crippen LogP contribution in [0.25, 0.3) is 0 Å². The van der Waals surface area contributed by atoms with E-state index in [9.17, 15) is 4.79 Å². The highest BCUT2D eigenvalue weighted by molar-refractivity contribution is 5.80. The maximum atomic E-state index is 11.1. The van der Waals surface area contributed by atoms with Gasteiger partial charge in [-0.2, -0.15) is 0 Å². The molecule has 1 aromatic carbocycles. The van der Waals surface area contributed by atoms with Crippen LogP contribution < -0.4 is 15.8 Å². The van der Waals surface area contributed by atoms with Crippen molar-refractivity contribution in [3.63, 3.8) is 0 Å². The molecule has 3 N–H and O–H groups in total. The summed E-state index contributed by atoms with van der Waals surface area (Å²) in [6.45, 7) is 4.55. The van der Waals surface area contributed by atoms with Crippen molar-refractivity contribution in [1.29, 1.82) is 0 Å². The third-order valence-corrected chi connectivity index (χ3v) is 3.16. The third-order valence-electron chi connectivity index (χ3n) is 3.16. The van der Waals surface area contributed by atoms with Gasteiger partial charge in [-0.25, -0.2) is 0 Å². The zero-order chi connectivity index (χ0) is 13.5. The van der Waals surface area contributed by atoms with E-state index in [0.717, 1.165) is 12.2 Å². The molecule has 0 aliphatic rings. The molecule has 0 aliphatic heterocycles. The predicted octanol–water partition coefficient (Wildman–Crippen LogP) is 1.65. The first-order chi connectivity index (χ1) is 8.60. The van der Waals surface area contributed by atoms with Crippen molar-refractivity contribution in [2.75, 3.05) is 13.7 Å². The minimum Gasteiger partial charge on any atom is -0.491 e. The van der Waals surface area contributed by atoms with Crippen molar-refractivity contribution in [3.8, 4) is 5.75 Å². The minimum absolute atomic E-state index is 0.249. The van der Waals surface area contributed by atoms with Crippen LogP contribution in [0.2, 0.25) is 0 Å². The SMILES string of the molecule is CCC(C)c1ccccc1OCC(NC)C(N)=O. The number of primary amides is 1. The summed E-state index contributed by atoms with van der Waals surface area (Å²) in [5.74, 6) is 0.856. The number of ether oxygens (including phenoxy) is 1. The fourth-order valence-electron chi connectivity index (χ4n) is 1.72. The molecule has 0 aromatic heterocycles. The van der Waals surface area contributed by atoms with Gasteiger partial charge in [0.1, 0.15) is 18.4 Å². The maximum absolute atomic E-state index is 11.1. The van der Waals surface area contributed by atoms with E-state index in [4.69, 9.17) is 10.5 Å². The molecule has 18 heavy (non-hydrogen) atoms. The molecule has 0 spiro atoms. The minimum atomic E-state index is -0.463. The molecule has 1 amide bonds. The molecule has 100 valence electrons. The Morgan fingerprint density at radius 2 is 2.11 bits per heavy atom. The van der Waals surface area contributed by atoms with E-state index in [0.29, 0.717) is 5.92 Å². The van der Waals surface area contributed by atoms with Gasteiger partial charge < -0.3 is 15.8 Å². The molecule has 2 atom stereocenters. The number of amides is 1. The summed E-state index contributed by atoms with van der Waals surface area (Å²) in [4.78, 5) is 11.1. The van der Waals surface area contributed by atoms with Crippen LogP contribution >= 0.6 is 0 Å². The van der Waals surface area contributed by atoms with Gasteiger partial charge in [0, 0.05) is 0 Å². The van der Waals surface area contributed by atoms with E-state index < -0.39 is 11.9 Å². The number of rotatable bonds is 7. The van der Waals surface area contributed by atoms with Gasteiger partial charge in [0.15, 0.2) is 0 Å². The Balaban J connectivity index is 2.75. The number of nitrogens with one attached hydrogen (secondary N) is 1. The average molecular weight is 250 g/mol. The molecular weight excluding hydrogens is 228 g/mol. The van der Waals surface area contributed by atoms with Crippen LogP contribution in [-0.2, 0) is 4.79 Å². The quantitative estimate of drug-likeness (QED) is 0.773. The average Bonchev–Trinajstić information content (AvgIpc) is 2.38. The number of para-hydroxylation sites is 1. The Labute approximate surface area is 109 Å². The van der Waals surface area contributed by atoms with Crippen LogP contribution in [0.4, 0.5) is 0 Å². The van der Waals surface area contributed by atoms with Crippen molar-refractivity contribution in [1.82, 2.24) is 5.32 Å². The lowest BCUT2D eigenvalue weighted by atomic mass is 9.98. The highest BCUT2D eigenvalue weighted by atomic mass is 16.5. The molecule has 0 heterocycles.